The van der Waals surface area contributed by atoms with Crippen LogP contribution in [0.2, 0.25) is 0 Å². The molecule has 14 atom stereocenters. The van der Waals surface area contributed by atoms with E-state index in [1.54, 1.807) is 26.2 Å². The van der Waals surface area contributed by atoms with Crippen LogP contribution in [0.15, 0.2) is 52.3 Å². The van der Waals surface area contributed by atoms with Crippen LogP contribution in [0, 0.1) is 23.7 Å². The molecular weight excluding hydrogens is 706 g/mol. The van der Waals surface area contributed by atoms with Gasteiger partial charge in [0.05, 0.1) is 37.1 Å². The molecule has 4 saturated heterocycles. The minimum Gasteiger partial charge on any atom is -0.462 e. The van der Waals surface area contributed by atoms with E-state index in [4.69, 9.17) is 33.2 Å². The molecule has 7 aliphatic rings. The number of aliphatic hydroxyl groups excluding tert-OH is 1. The zero-order valence-electron chi connectivity index (χ0n) is 33.4. The van der Waals surface area contributed by atoms with E-state index in [0.29, 0.717) is 55.1 Å². The Hall–Kier alpha value is -2.42. The normalized spacial score (nSPS) is 47.9. The number of oxime groups is 1. The average molecular weight is 770 g/mol. The molecule has 5 fully saturated rings. The maximum atomic E-state index is 14.4. The van der Waals surface area contributed by atoms with Gasteiger partial charge in [-0.05, 0) is 75.0 Å². The van der Waals surface area contributed by atoms with E-state index in [-0.39, 0.29) is 30.4 Å². The van der Waals surface area contributed by atoms with Gasteiger partial charge in [-0.1, -0.05) is 68.6 Å². The fraction of sp³-hybridized carbons (Fsp3) is 0.767. The Labute approximate surface area is 325 Å². The van der Waals surface area contributed by atoms with Gasteiger partial charge in [-0.15, -0.1) is 0 Å². The molecule has 306 valence electrons. The van der Waals surface area contributed by atoms with Crippen molar-refractivity contribution in [3.8, 4) is 0 Å². The number of nitrogens with zero attached hydrogens (tertiary/aromatic N) is 1. The summed E-state index contributed by atoms with van der Waals surface area (Å²) >= 11 is 0. The SMILES string of the molecule is CO[C@H]1C[C@H](O[C@@H]2/C(C)=C/C[C@@H]3C[C@@H](C[C@]4(CC[C@H](C)[C@@H](C5CCCCC5)O4)O3)OC(=O)[C@@H]3C=C(C)/C(=N\O)[C@@H]4OC/C(=C\C=C\[C@@H]2C)[C@@]34O)O[C@@H](C)[C@@H]1O. The van der Waals surface area contributed by atoms with Crippen molar-refractivity contribution in [2.45, 2.75) is 172 Å². The monoisotopic (exact) mass is 769 g/mol. The number of fused-ring (bicyclic) bond motifs is 2. The first-order valence-corrected chi connectivity index (χ1v) is 20.7. The summed E-state index contributed by atoms with van der Waals surface area (Å²) in [6.07, 6.45) is 14.4. The first-order chi connectivity index (χ1) is 26.4. The molecule has 7 rings (SSSR count). The van der Waals surface area contributed by atoms with Gasteiger partial charge in [0.1, 0.15) is 35.5 Å². The number of ether oxygens (including phenoxy) is 7. The van der Waals surface area contributed by atoms with Crippen molar-refractivity contribution in [2.24, 2.45) is 28.8 Å². The van der Waals surface area contributed by atoms with E-state index in [1.807, 2.05) is 19.1 Å². The van der Waals surface area contributed by atoms with E-state index in [0.717, 1.165) is 24.8 Å². The average Bonchev–Trinajstić information content (AvgIpc) is 3.50. The van der Waals surface area contributed by atoms with Crippen LogP contribution in [0.4, 0.5) is 0 Å². The summed E-state index contributed by atoms with van der Waals surface area (Å²) in [6, 6.07) is 0. The van der Waals surface area contributed by atoms with Crippen LogP contribution in [0.3, 0.4) is 0 Å². The zero-order valence-corrected chi connectivity index (χ0v) is 33.4. The Morgan fingerprint density at radius 2 is 1.80 bits per heavy atom. The number of carbonyl (C=O) groups is 1. The minimum absolute atomic E-state index is 0.0359. The largest absolute Gasteiger partial charge is 0.462 e. The number of hydrogen-bond donors (Lipinski definition) is 3. The third kappa shape index (κ3) is 8.17. The molecule has 1 spiro atoms. The van der Waals surface area contributed by atoms with E-state index in [1.165, 1.54) is 19.3 Å². The van der Waals surface area contributed by atoms with Gasteiger partial charge in [-0.2, -0.15) is 0 Å². The molecule has 12 heteroatoms. The number of carbonyl (C=O) groups excluding carboxylic acids is 1. The topological polar surface area (TPSA) is 155 Å². The molecule has 0 aromatic carbocycles. The predicted octanol–water partition coefficient (Wildman–Crippen LogP) is 6.07. The molecule has 0 aromatic heterocycles. The van der Waals surface area contributed by atoms with Crippen LogP contribution < -0.4 is 0 Å². The highest BCUT2D eigenvalue weighted by Gasteiger charge is 2.60. The number of hydrogen-bond acceptors (Lipinski definition) is 12. The Bertz CT molecular complexity index is 1550. The van der Waals surface area contributed by atoms with Crippen LogP contribution >= 0.6 is 0 Å². The molecule has 1 saturated carbocycles. The third-order valence-electron chi connectivity index (χ3n) is 13.6. The highest BCUT2D eigenvalue weighted by Crippen LogP contribution is 2.48. The summed E-state index contributed by atoms with van der Waals surface area (Å²) < 4.78 is 45.1. The Morgan fingerprint density at radius 3 is 2.55 bits per heavy atom. The van der Waals surface area contributed by atoms with E-state index in [9.17, 15) is 20.2 Å². The number of esters is 1. The number of aliphatic hydroxyl groups is 2. The Kier molecular flexibility index (Phi) is 12.5. The highest BCUT2D eigenvalue weighted by molar-refractivity contribution is 6.06. The zero-order chi connectivity index (χ0) is 39.1. The minimum atomic E-state index is -1.83. The van der Waals surface area contributed by atoms with Gasteiger partial charge in [0.2, 0.25) is 0 Å². The quantitative estimate of drug-likeness (QED) is 0.132. The summed E-state index contributed by atoms with van der Waals surface area (Å²) in [4.78, 5) is 14.4. The van der Waals surface area contributed by atoms with Gasteiger partial charge in [0.15, 0.2) is 12.1 Å². The lowest BCUT2D eigenvalue weighted by molar-refractivity contribution is -0.342. The summed E-state index contributed by atoms with van der Waals surface area (Å²) in [5.74, 6) is -1.83. The standard InChI is InChI=1S/C43H63NO11/c1-24-11-10-14-30-23-50-40-36(44-48)27(4)19-33(43(30,40)47)41(46)52-32-20-31(16-15-25(2)38(24)53-35-21-34(49-6)37(45)28(5)51-35)54-42(22-32)18-17-26(3)39(55-42)29-12-8-7-9-13-29/h10-11,14-15,19,24,26,28-29,31-35,37-40,45,47-48H,7-9,12-13,16-18,20-23H2,1-6H3/b11-10+,25-15+,30-14+,44-36+/t24-,26-,28-,31+,32-,33-,34-,35-,37-,38-,39-,40-,42+,43+/m0/s1. The molecule has 0 aromatic rings. The van der Waals surface area contributed by atoms with Crippen molar-refractivity contribution in [3.05, 3.63) is 47.1 Å². The second-order valence-corrected chi connectivity index (χ2v) is 17.4. The van der Waals surface area contributed by atoms with Crippen molar-refractivity contribution in [1.82, 2.24) is 0 Å². The molecule has 0 unspecified atom stereocenters. The molecular formula is C43H63NO11. The molecule has 2 bridgehead atoms. The number of rotatable bonds is 4. The van der Waals surface area contributed by atoms with E-state index < -0.39 is 66.2 Å². The first kappa shape index (κ1) is 40.8. The Morgan fingerprint density at radius 1 is 1.02 bits per heavy atom. The second kappa shape index (κ2) is 16.8. The van der Waals surface area contributed by atoms with Gasteiger partial charge < -0.3 is 48.6 Å². The number of methoxy groups -OCH3 is 1. The summed E-state index contributed by atoms with van der Waals surface area (Å²) in [5.41, 5.74) is 0.362. The van der Waals surface area contributed by atoms with Gasteiger partial charge in [0, 0.05) is 38.7 Å². The maximum absolute atomic E-state index is 14.4. The van der Waals surface area contributed by atoms with Crippen LogP contribution in [0.25, 0.3) is 0 Å². The van der Waals surface area contributed by atoms with E-state index >= 15 is 0 Å². The molecule has 0 radical (unpaired) electrons. The smallest absolute Gasteiger partial charge is 0.316 e. The molecule has 5 aliphatic heterocycles. The van der Waals surface area contributed by atoms with Gasteiger partial charge in [0.25, 0.3) is 0 Å². The van der Waals surface area contributed by atoms with Crippen molar-refractivity contribution >= 4 is 11.7 Å². The van der Waals surface area contributed by atoms with Crippen molar-refractivity contribution < 1.29 is 53.4 Å². The molecule has 0 amide bonds. The Balaban J connectivity index is 1.25. The van der Waals surface area contributed by atoms with Crippen molar-refractivity contribution in [3.63, 3.8) is 0 Å². The lowest BCUT2D eigenvalue weighted by Gasteiger charge is -2.51. The van der Waals surface area contributed by atoms with Gasteiger partial charge in [-0.3, -0.25) is 4.79 Å². The summed E-state index contributed by atoms with van der Waals surface area (Å²) in [5, 5.41) is 36.7. The van der Waals surface area contributed by atoms with E-state index in [2.05, 4.69) is 32.0 Å². The van der Waals surface area contributed by atoms with Crippen LogP contribution in [0.1, 0.15) is 105 Å². The molecule has 12 nitrogen and oxygen atoms in total. The number of allylic oxidation sites excluding steroid dienone is 2. The third-order valence-corrected chi connectivity index (χ3v) is 13.6. The summed E-state index contributed by atoms with van der Waals surface area (Å²) in [6.45, 7) is 10.0. The summed E-state index contributed by atoms with van der Waals surface area (Å²) in [7, 11) is 1.59. The van der Waals surface area contributed by atoms with Crippen molar-refractivity contribution in [1.29, 1.82) is 0 Å². The fourth-order valence-electron chi connectivity index (χ4n) is 10.4. The van der Waals surface area contributed by atoms with Crippen LogP contribution in [-0.4, -0.2) is 107 Å². The molecule has 2 aliphatic carbocycles. The van der Waals surface area contributed by atoms with Crippen LogP contribution in [0.5, 0.6) is 0 Å². The van der Waals surface area contributed by atoms with Crippen LogP contribution in [-0.2, 0) is 38.0 Å². The van der Waals surface area contributed by atoms with Gasteiger partial charge >= 0.3 is 5.97 Å². The second-order valence-electron chi connectivity index (χ2n) is 17.4. The predicted molar refractivity (Wildman–Crippen MR) is 203 cm³/mol. The highest BCUT2D eigenvalue weighted by atomic mass is 16.7. The van der Waals surface area contributed by atoms with Gasteiger partial charge in [-0.25, -0.2) is 0 Å². The molecule has 55 heavy (non-hydrogen) atoms. The lowest BCUT2D eigenvalue weighted by Crippen LogP contribution is -2.57. The maximum Gasteiger partial charge on any atom is 0.316 e. The molecule has 3 N–H and O–H groups in total. The molecule has 5 heterocycles. The van der Waals surface area contributed by atoms with Crippen molar-refractivity contribution in [2.75, 3.05) is 13.7 Å². The first-order valence-electron chi connectivity index (χ1n) is 20.7. The fourth-order valence-corrected chi connectivity index (χ4v) is 10.4. The lowest BCUT2D eigenvalue weighted by atomic mass is 9.71.